The Hall–Kier alpha value is -2.17. The maximum Gasteiger partial charge on any atom is 0.203 e. The topological polar surface area (TPSA) is 37.3 Å². The van der Waals surface area contributed by atoms with E-state index in [0.717, 1.165) is 22.0 Å². The summed E-state index contributed by atoms with van der Waals surface area (Å²) >= 11 is 7.57. The highest BCUT2D eigenvalue weighted by atomic mass is 35.5. The van der Waals surface area contributed by atoms with Gasteiger partial charge in [0, 0.05) is 21.5 Å². The van der Waals surface area contributed by atoms with Crippen molar-refractivity contribution in [1.82, 2.24) is 4.98 Å². The Kier molecular flexibility index (Phi) is 4.28. The van der Waals surface area contributed by atoms with Gasteiger partial charge in [0.05, 0.1) is 11.9 Å². The SMILES string of the molecule is Clc1ccccc1C=NNc1nc(-c2ccccc2)cs1. The van der Waals surface area contributed by atoms with Gasteiger partial charge in [0.2, 0.25) is 5.13 Å². The number of hydrogen-bond acceptors (Lipinski definition) is 4. The molecule has 0 fully saturated rings. The van der Waals surface area contributed by atoms with Crippen LogP contribution in [0.15, 0.2) is 65.1 Å². The highest BCUT2D eigenvalue weighted by Gasteiger charge is 2.02. The van der Waals surface area contributed by atoms with Crippen molar-refractivity contribution in [2.45, 2.75) is 0 Å². The van der Waals surface area contributed by atoms with Gasteiger partial charge in [-0.25, -0.2) is 4.98 Å². The Balaban J connectivity index is 1.70. The smallest absolute Gasteiger partial charge is 0.203 e. The molecule has 3 rings (SSSR count). The minimum Gasteiger partial charge on any atom is -0.253 e. The fourth-order valence-corrected chi connectivity index (χ4v) is 2.66. The van der Waals surface area contributed by atoms with Crippen molar-refractivity contribution in [3.05, 3.63) is 70.6 Å². The van der Waals surface area contributed by atoms with Gasteiger partial charge < -0.3 is 0 Å². The summed E-state index contributed by atoms with van der Waals surface area (Å²) < 4.78 is 0. The molecule has 5 heteroatoms. The number of nitrogens with zero attached hydrogens (tertiary/aromatic N) is 2. The van der Waals surface area contributed by atoms with E-state index in [1.807, 2.05) is 60.0 Å². The van der Waals surface area contributed by atoms with Crippen LogP contribution in [0.4, 0.5) is 5.13 Å². The Morgan fingerprint density at radius 2 is 1.81 bits per heavy atom. The molecule has 0 aliphatic carbocycles. The van der Waals surface area contributed by atoms with Crippen molar-refractivity contribution in [3.63, 3.8) is 0 Å². The van der Waals surface area contributed by atoms with E-state index in [-0.39, 0.29) is 0 Å². The van der Waals surface area contributed by atoms with E-state index in [2.05, 4.69) is 15.5 Å². The molecule has 0 amide bonds. The molecule has 1 aromatic heterocycles. The van der Waals surface area contributed by atoms with Crippen LogP contribution in [-0.2, 0) is 0 Å². The van der Waals surface area contributed by atoms with Crippen LogP contribution in [0.5, 0.6) is 0 Å². The third-order valence-electron chi connectivity index (χ3n) is 2.84. The number of benzene rings is 2. The molecule has 0 radical (unpaired) electrons. The van der Waals surface area contributed by atoms with Crippen LogP contribution in [0.2, 0.25) is 5.02 Å². The third kappa shape index (κ3) is 3.48. The summed E-state index contributed by atoms with van der Waals surface area (Å²) in [5.74, 6) is 0. The van der Waals surface area contributed by atoms with Crippen molar-refractivity contribution in [2.24, 2.45) is 5.10 Å². The van der Waals surface area contributed by atoms with Crippen LogP contribution >= 0.6 is 22.9 Å². The van der Waals surface area contributed by atoms with Crippen molar-refractivity contribution >= 4 is 34.3 Å². The van der Waals surface area contributed by atoms with Crippen molar-refractivity contribution < 1.29 is 0 Å². The van der Waals surface area contributed by atoms with Crippen LogP contribution in [0, 0.1) is 0 Å². The summed E-state index contributed by atoms with van der Waals surface area (Å²) in [7, 11) is 0. The van der Waals surface area contributed by atoms with Crippen LogP contribution in [0.1, 0.15) is 5.56 Å². The Morgan fingerprint density at radius 3 is 2.62 bits per heavy atom. The minimum atomic E-state index is 0.673. The normalized spacial score (nSPS) is 10.9. The highest BCUT2D eigenvalue weighted by Crippen LogP contribution is 2.24. The molecule has 0 aliphatic rings. The molecule has 3 nitrogen and oxygen atoms in total. The predicted octanol–water partition coefficient (Wildman–Crippen LogP) is 4.91. The number of nitrogens with one attached hydrogen (secondary N) is 1. The van der Waals surface area contributed by atoms with Crippen molar-refractivity contribution in [1.29, 1.82) is 0 Å². The zero-order chi connectivity index (χ0) is 14.5. The molecule has 0 spiro atoms. The first kappa shape index (κ1) is 13.8. The molecule has 0 bridgehead atoms. The van der Waals surface area contributed by atoms with E-state index in [4.69, 9.17) is 11.6 Å². The fourth-order valence-electron chi connectivity index (χ4n) is 1.80. The van der Waals surface area contributed by atoms with Gasteiger partial charge >= 0.3 is 0 Å². The van der Waals surface area contributed by atoms with E-state index < -0.39 is 0 Å². The number of hydrogen-bond donors (Lipinski definition) is 1. The van der Waals surface area contributed by atoms with E-state index >= 15 is 0 Å². The van der Waals surface area contributed by atoms with Crippen molar-refractivity contribution in [2.75, 3.05) is 5.43 Å². The predicted molar refractivity (Wildman–Crippen MR) is 90.2 cm³/mol. The number of rotatable bonds is 4. The van der Waals surface area contributed by atoms with E-state index in [0.29, 0.717) is 5.02 Å². The van der Waals surface area contributed by atoms with Gasteiger partial charge in [-0.2, -0.15) is 5.10 Å². The average molecular weight is 314 g/mol. The molecule has 1 heterocycles. The third-order valence-corrected chi connectivity index (χ3v) is 3.93. The maximum absolute atomic E-state index is 6.06. The second-order valence-corrected chi connectivity index (χ2v) is 5.56. The van der Waals surface area contributed by atoms with Gasteiger partial charge in [-0.05, 0) is 6.07 Å². The van der Waals surface area contributed by atoms with Gasteiger partial charge in [-0.3, -0.25) is 5.43 Å². The lowest BCUT2D eigenvalue weighted by atomic mass is 10.2. The zero-order valence-corrected chi connectivity index (χ0v) is 12.6. The lowest BCUT2D eigenvalue weighted by molar-refractivity contribution is 1.29. The van der Waals surface area contributed by atoms with Crippen LogP contribution in [-0.4, -0.2) is 11.2 Å². The molecular formula is C16H12ClN3S. The summed E-state index contributed by atoms with van der Waals surface area (Å²) in [5, 5.41) is 7.59. The van der Waals surface area contributed by atoms with Crippen LogP contribution in [0.3, 0.4) is 0 Å². The molecule has 2 aromatic carbocycles. The Bertz CT molecular complexity index is 753. The molecule has 0 atom stereocenters. The lowest BCUT2D eigenvalue weighted by Gasteiger charge is -1.97. The molecule has 1 N–H and O–H groups in total. The molecule has 0 saturated carbocycles. The number of halogens is 1. The average Bonchev–Trinajstić information content (AvgIpc) is 2.99. The number of hydrazone groups is 1. The largest absolute Gasteiger partial charge is 0.253 e. The summed E-state index contributed by atoms with van der Waals surface area (Å²) in [4.78, 5) is 4.49. The lowest BCUT2D eigenvalue weighted by Crippen LogP contribution is -1.90. The first-order valence-electron chi connectivity index (χ1n) is 6.37. The molecule has 0 unspecified atom stereocenters. The standard InChI is InChI=1S/C16H12ClN3S/c17-14-9-5-4-8-13(14)10-18-20-16-19-15(11-21-16)12-6-2-1-3-7-12/h1-11H,(H,19,20). The van der Waals surface area contributed by atoms with Gasteiger partial charge in [0.1, 0.15) is 0 Å². The molecular weight excluding hydrogens is 302 g/mol. The molecule has 0 saturated heterocycles. The zero-order valence-electron chi connectivity index (χ0n) is 11.0. The van der Waals surface area contributed by atoms with Gasteiger partial charge in [0.25, 0.3) is 0 Å². The van der Waals surface area contributed by atoms with Gasteiger partial charge in [-0.15, -0.1) is 11.3 Å². The van der Waals surface area contributed by atoms with E-state index in [9.17, 15) is 0 Å². The monoisotopic (exact) mass is 313 g/mol. The van der Waals surface area contributed by atoms with Gasteiger partial charge in [-0.1, -0.05) is 60.1 Å². The second kappa shape index (κ2) is 6.52. The fraction of sp³-hybridized carbons (Fsp3) is 0. The first-order chi connectivity index (χ1) is 10.3. The molecule has 0 aliphatic heterocycles. The van der Waals surface area contributed by atoms with E-state index in [1.54, 1.807) is 6.21 Å². The number of thiazole rings is 1. The molecule has 3 aromatic rings. The summed E-state index contributed by atoms with van der Waals surface area (Å²) in [6.45, 7) is 0. The molecule has 21 heavy (non-hydrogen) atoms. The Labute approximate surface area is 131 Å². The number of anilines is 1. The van der Waals surface area contributed by atoms with Crippen molar-refractivity contribution in [3.8, 4) is 11.3 Å². The highest BCUT2D eigenvalue weighted by molar-refractivity contribution is 7.14. The van der Waals surface area contributed by atoms with Gasteiger partial charge in [0.15, 0.2) is 0 Å². The summed E-state index contributed by atoms with van der Waals surface area (Å²) in [6.07, 6.45) is 1.69. The quantitative estimate of drug-likeness (QED) is 0.549. The first-order valence-corrected chi connectivity index (χ1v) is 7.63. The summed E-state index contributed by atoms with van der Waals surface area (Å²) in [5.41, 5.74) is 5.83. The summed E-state index contributed by atoms with van der Waals surface area (Å²) in [6, 6.07) is 17.6. The van der Waals surface area contributed by atoms with Crippen LogP contribution in [0.25, 0.3) is 11.3 Å². The Morgan fingerprint density at radius 1 is 1.05 bits per heavy atom. The number of aromatic nitrogens is 1. The second-order valence-electron chi connectivity index (χ2n) is 4.30. The van der Waals surface area contributed by atoms with E-state index in [1.165, 1.54) is 11.3 Å². The van der Waals surface area contributed by atoms with Crippen LogP contribution < -0.4 is 5.43 Å². The molecule has 104 valence electrons. The maximum atomic E-state index is 6.06. The minimum absolute atomic E-state index is 0.673.